The Morgan fingerprint density at radius 3 is 2.40 bits per heavy atom. The van der Waals surface area contributed by atoms with Crippen LogP contribution in [0.4, 0.5) is 13.2 Å². The monoisotopic (exact) mass is 357 g/mol. The number of fused-ring (bicyclic) bond motifs is 1. The normalized spacial score (nSPS) is 23.4. The molecule has 5 nitrogen and oxygen atoms in total. The lowest BCUT2D eigenvalue weighted by Crippen LogP contribution is -2.34. The number of phenols is 1. The number of halogens is 3. The van der Waals surface area contributed by atoms with Crippen LogP contribution in [-0.2, 0) is 17.6 Å². The molecule has 8 heteroatoms. The predicted octanol–water partition coefficient (Wildman–Crippen LogP) is 2.61. The van der Waals surface area contributed by atoms with E-state index in [9.17, 15) is 27.9 Å². The molecule has 25 heavy (non-hydrogen) atoms. The van der Waals surface area contributed by atoms with E-state index in [1.807, 2.05) is 0 Å². The van der Waals surface area contributed by atoms with Crippen molar-refractivity contribution < 1.29 is 33.0 Å². The maximum Gasteiger partial charge on any atom is 0.394 e. The van der Waals surface area contributed by atoms with Gasteiger partial charge in [-0.1, -0.05) is 6.07 Å². The molecule has 1 aliphatic heterocycles. The molecule has 1 aliphatic carbocycles. The number of carboxylic acids is 1. The molecule has 1 aromatic carbocycles. The number of aryl methyl sites for hydroxylation is 1. The summed E-state index contributed by atoms with van der Waals surface area (Å²) in [6.45, 7) is -1.23. The summed E-state index contributed by atoms with van der Waals surface area (Å²) in [5.74, 6) is -6.32. The summed E-state index contributed by atoms with van der Waals surface area (Å²) in [5.41, 5.74) is 1.55. The van der Waals surface area contributed by atoms with Crippen molar-refractivity contribution in [3.05, 3.63) is 28.8 Å². The number of phenolic OH excluding ortho intramolecular Hbond substituents is 1. The van der Waals surface area contributed by atoms with E-state index >= 15 is 0 Å². The molecule has 0 spiro atoms. The highest BCUT2D eigenvalue weighted by Crippen LogP contribution is 2.39. The van der Waals surface area contributed by atoms with Gasteiger partial charge in [0.2, 0.25) is 0 Å². The third kappa shape index (κ3) is 3.17. The zero-order valence-corrected chi connectivity index (χ0v) is 13.3. The van der Waals surface area contributed by atoms with E-state index < -0.39 is 43.0 Å². The Bertz CT molecular complexity index is 717. The van der Waals surface area contributed by atoms with Gasteiger partial charge in [-0.25, -0.2) is 0 Å². The Morgan fingerprint density at radius 1 is 1.12 bits per heavy atom. The molecule has 2 aliphatic rings. The molecule has 1 fully saturated rings. The Kier molecular flexibility index (Phi) is 4.38. The van der Waals surface area contributed by atoms with Gasteiger partial charge in [-0.15, -0.1) is 0 Å². The molecule has 1 saturated heterocycles. The number of aromatic hydroxyl groups is 1. The van der Waals surface area contributed by atoms with Gasteiger partial charge < -0.3 is 15.1 Å². The molecular weight excluding hydrogens is 339 g/mol. The molecule has 136 valence electrons. The molecule has 2 atom stereocenters. The van der Waals surface area contributed by atoms with E-state index in [4.69, 9.17) is 5.11 Å². The van der Waals surface area contributed by atoms with Crippen molar-refractivity contribution in [1.29, 1.82) is 0 Å². The first kappa shape index (κ1) is 17.6. The van der Waals surface area contributed by atoms with Crippen LogP contribution in [-0.4, -0.2) is 46.3 Å². The quantitative estimate of drug-likeness (QED) is 0.853. The number of hydrogen-bond acceptors (Lipinski definition) is 3. The van der Waals surface area contributed by atoms with Crippen LogP contribution in [0.2, 0.25) is 0 Å². The first-order chi connectivity index (χ1) is 11.7. The van der Waals surface area contributed by atoms with E-state index in [-0.39, 0.29) is 11.3 Å². The smallest absolute Gasteiger partial charge is 0.394 e. The third-order valence-electron chi connectivity index (χ3n) is 5.08. The van der Waals surface area contributed by atoms with Gasteiger partial charge in [0.25, 0.3) is 5.91 Å². The fourth-order valence-electron chi connectivity index (χ4n) is 3.70. The number of carbonyl (C=O) groups excluding carboxylic acids is 1. The third-order valence-corrected chi connectivity index (χ3v) is 5.08. The Morgan fingerprint density at radius 2 is 1.80 bits per heavy atom. The highest BCUT2D eigenvalue weighted by Gasteiger charge is 2.53. The van der Waals surface area contributed by atoms with Crippen LogP contribution >= 0.6 is 0 Å². The highest BCUT2D eigenvalue weighted by atomic mass is 19.4. The van der Waals surface area contributed by atoms with E-state index in [0.29, 0.717) is 12.0 Å². The van der Waals surface area contributed by atoms with Crippen LogP contribution in [0, 0.1) is 11.8 Å². The van der Waals surface area contributed by atoms with E-state index in [0.717, 1.165) is 29.7 Å². The molecule has 0 saturated carbocycles. The number of alkyl halides is 3. The summed E-state index contributed by atoms with van der Waals surface area (Å²) in [6.07, 6.45) is -1.43. The first-order valence-electron chi connectivity index (χ1n) is 8.12. The molecule has 1 amide bonds. The standard InChI is InChI=1S/C17H18F3NO4/c18-17(19,20)13-8-21(7-12(13)16(24)25)15(23)11-6-5-9-3-1-2-4-10(9)14(11)22/h5-6,12-13,22H,1-4,7-8H2,(H,24,25)/t12-,13-/m1/s1. The number of aliphatic carboxylic acids is 1. The van der Waals surface area contributed by atoms with Crippen LogP contribution in [0.5, 0.6) is 5.75 Å². The van der Waals surface area contributed by atoms with Crippen molar-refractivity contribution in [2.45, 2.75) is 31.9 Å². The zero-order chi connectivity index (χ0) is 18.4. The number of hydrogen-bond donors (Lipinski definition) is 2. The second kappa shape index (κ2) is 6.24. The van der Waals surface area contributed by atoms with Gasteiger partial charge in [0.1, 0.15) is 5.75 Å². The van der Waals surface area contributed by atoms with Crippen molar-refractivity contribution in [2.24, 2.45) is 11.8 Å². The minimum absolute atomic E-state index is 0.0624. The Labute approximate surface area is 142 Å². The van der Waals surface area contributed by atoms with Gasteiger partial charge in [-0.05, 0) is 42.9 Å². The lowest BCUT2D eigenvalue weighted by Gasteiger charge is -2.22. The van der Waals surface area contributed by atoms with Crippen LogP contribution in [0.15, 0.2) is 12.1 Å². The minimum Gasteiger partial charge on any atom is -0.507 e. The topological polar surface area (TPSA) is 77.8 Å². The fraction of sp³-hybridized carbons (Fsp3) is 0.529. The molecular formula is C17H18F3NO4. The first-order valence-corrected chi connectivity index (χ1v) is 8.12. The Balaban J connectivity index is 1.88. The molecule has 1 aromatic rings. The number of benzene rings is 1. The summed E-state index contributed by atoms with van der Waals surface area (Å²) in [5, 5.41) is 19.4. The molecule has 3 rings (SSSR count). The van der Waals surface area contributed by atoms with Crippen LogP contribution in [0.25, 0.3) is 0 Å². The second-order valence-electron chi connectivity index (χ2n) is 6.61. The lowest BCUT2D eigenvalue weighted by atomic mass is 9.89. The molecule has 2 N–H and O–H groups in total. The van der Waals surface area contributed by atoms with E-state index in [2.05, 4.69) is 0 Å². The predicted molar refractivity (Wildman–Crippen MR) is 81.3 cm³/mol. The summed E-state index contributed by atoms with van der Waals surface area (Å²) < 4.78 is 39.2. The van der Waals surface area contributed by atoms with E-state index in [1.165, 1.54) is 6.07 Å². The largest absolute Gasteiger partial charge is 0.507 e. The number of nitrogens with zero attached hydrogens (tertiary/aromatic N) is 1. The lowest BCUT2D eigenvalue weighted by molar-refractivity contribution is -0.187. The van der Waals surface area contributed by atoms with Gasteiger partial charge in [0.15, 0.2) is 0 Å². The molecule has 0 bridgehead atoms. The van der Waals surface area contributed by atoms with Crippen LogP contribution in [0.1, 0.15) is 34.3 Å². The average molecular weight is 357 g/mol. The number of rotatable bonds is 2. The van der Waals surface area contributed by atoms with Gasteiger partial charge >= 0.3 is 12.1 Å². The number of carbonyl (C=O) groups is 2. The van der Waals surface area contributed by atoms with Crippen LogP contribution in [0.3, 0.4) is 0 Å². The second-order valence-corrected chi connectivity index (χ2v) is 6.61. The van der Waals surface area contributed by atoms with Crippen molar-refractivity contribution in [3.8, 4) is 5.75 Å². The molecule has 0 radical (unpaired) electrons. The van der Waals surface area contributed by atoms with Crippen molar-refractivity contribution >= 4 is 11.9 Å². The van der Waals surface area contributed by atoms with Crippen LogP contribution < -0.4 is 0 Å². The van der Waals surface area contributed by atoms with Gasteiger partial charge in [0, 0.05) is 13.1 Å². The summed E-state index contributed by atoms with van der Waals surface area (Å²) in [4.78, 5) is 24.6. The number of likely N-dealkylation sites (tertiary alicyclic amines) is 1. The zero-order valence-electron chi connectivity index (χ0n) is 13.3. The van der Waals surface area contributed by atoms with Gasteiger partial charge in [-0.2, -0.15) is 13.2 Å². The molecule has 0 aromatic heterocycles. The maximum atomic E-state index is 13.1. The van der Waals surface area contributed by atoms with Crippen molar-refractivity contribution in [1.82, 2.24) is 4.90 Å². The Hall–Kier alpha value is -2.25. The maximum absolute atomic E-state index is 13.1. The SMILES string of the molecule is O=C(O)[C@@H]1CN(C(=O)c2ccc3c(c2O)CCCC3)C[C@H]1C(F)(F)F. The van der Waals surface area contributed by atoms with Crippen molar-refractivity contribution in [3.63, 3.8) is 0 Å². The highest BCUT2D eigenvalue weighted by molar-refractivity contribution is 5.98. The molecule has 1 heterocycles. The van der Waals surface area contributed by atoms with Crippen molar-refractivity contribution in [2.75, 3.05) is 13.1 Å². The van der Waals surface area contributed by atoms with Gasteiger partial charge in [0.05, 0.1) is 17.4 Å². The summed E-state index contributed by atoms with van der Waals surface area (Å²) in [6, 6.07) is 3.13. The molecule has 0 unspecified atom stereocenters. The van der Waals surface area contributed by atoms with E-state index in [1.54, 1.807) is 6.07 Å². The fourth-order valence-corrected chi connectivity index (χ4v) is 3.70. The minimum atomic E-state index is -4.70. The number of carboxylic acid groups (broad SMARTS) is 1. The average Bonchev–Trinajstić information content (AvgIpc) is 3.01. The summed E-state index contributed by atoms with van der Waals surface area (Å²) in [7, 11) is 0. The van der Waals surface area contributed by atoms with Gasteiger partial charge in [-0.3, -0.25) is 9.59 Å². The number of amides is 1. The summed E-state index contributed by atoms with van der Waals surface area (Å²) >= 11 is 0.